The standard InChI is InChI=1S/C30H48F3NO/c1-27(2)18-11-6-5-8-14-25-17-21-28(3,24-25)29(20-13-12-19-27,26-15-9-7-10-16-26)35-23-22-34(4)30(31,32)33/h7,9-10,15-16,25H,5-6,8,11-14,17-24H2,1-4H3. The number of hydrogen-bond donors (Lipinski definition) is 0. The van der Waals surface area contributed by atoms with Crippen LogP contribution in [-0.4, -0.2) is 31.4 Å². The zero-order valence-electron chi connectivity index (χ0n) is 22.6. The number of likely N-dealkylation sites (N-methyl/N-ethyl adjacent to an activating group) is 1. The number of hydrogen-bond acceptors (Lipinski definition) is 2. The van der Waals surface area contributed by atoms with Crippen LogP contribution < -0.4 is 0 Å². The molecule has 5 heteroatoms. The Morgan fingerprint density at radius 3 is 2.17 bits per heavy atom. The third-order valence-electron chi connectivity index (χ3n) is 9.11. The summed E-state index contributed by atoms with van der Waals surface area (Å²) < 4.78 is 46.4. The second-order valence-electron chi connectivity index (χ2n) is 12.4. The van der Waals surface area contributed by atoms with Crippen LogP contribution in [0.2, 0.25) is 0 Å². The van der Waals surface area contributed by atoms with Crippen molar-refractivity contribution in [1.82, 2.24) is 4.90 Å². The summed E-state index contributed by atoms with van der Waals surface area (Å²) in [6.45, 7) is 7.07. The Hall–Kier alpha value is -1.07. The number of benzene rings is 1. The summed E-state index contributed by atoms with van der Waals surface area (Å²) in [7, 11) is 1.12. The van der Waals surface area contributed by atoms with E-state index in [1.54, 1.807) is 0 Å². The molecule has 200 valence electrons. The normalized spacial score (nSPS) is 31.1. The molecular formula is C30H48F3NO. The van der Waals surface area contributed by atoms with Gasteiger partial charge in [0.1, 0.15) is 0 Å². The average molecular weight is 496 g/mol. The molecule has 1 aromatic rings. The molecule has 0 N–H and O–H groups in total. The van der Waals surface area contributed by atoms with Crippen molar-refractivity contribution < 1.29 is 17.9 Å². The van der Waals surface area contributed by atoms with Gasteiger partial charge in [-0.1, -0.05) is 96.0 Å². The summed E-state index contributed by atoms with van der Waals surface area (Å²) in [4.78, 5) is 0.445. The van der Waals surface area contributed by atoms with Gasteiger partial charge in [0, 0.05) is 12.0 Å². The van der Waals surface area contributed by atoms with Gasteiger partial charge in [-0.05, 0) is 62.5 Å². The van der Waals surface area contributed by atoms with Gasteiger partial charge in [-0.15, -0.1) is 0 Å². The van der Waals surface area contributed by atoms with Gasteiger partial charge >= 0.3 is 6.30 Å². The molecule has 0 heterocycles. The number of nitrogens with zero attached hydrogens (tertiary/aromatic N) is 1. The summed E-state index contributed by atoms with van der Waals surface area (Å²) in [6, 6.07) is 10.4. The van der Waals surface area contributed by atoms with Crippen molar-refractivity contribution in [3.8, 4) is 0 Å². The van der Waals surface area contributed by atoms with E-state index in [1.165, 1.54) is 51.4 Å². The van der Waals surface area contributed by atoms with Crippen LogP contribution in [-0.2, 0) is 10.3 Å². The lowest BCUT2D eigenvalue weighted by molar-refractivity contribution is -0.244. The van der Waals surface area contributed by atoms with Gasteiger partial charge in [0.25, 0.3) is 0 Å². The van der Waals surface area contributed by atoms with E-state index in [0.29, 0.717) is 16.2 Å². The first-order chi connectivity index (χ1) is 16.5. The molecule has 2 aliphatic rings. The Kier molecular flexibility index (Phi) is 9.76. The molecule has 3 atom stereocenters. The Morgan fingerprint density at radius 1 is 0.857 bits per heavy atom. The van der Waals surface area contributed by atoms with E-state index in [0.717, 1.165) is 44.7 Å². The Balaban J connectivity index is 1.90. The fraction of sp³-hybridized carbons (Fsp3) is 0.800. The predicted octanol–water partition coefficient (Wildman–Crippen LogP) is 9.10. The van der Waals surface area contributed by atoms with Crippen LogP contribution >= 0.6 is 0 Å². The molecule has 2 nitrogen and oxygen atoms in total. The van der Waals surface area contributed by atoms with Crippen molar-refractivity contribution in [2.45, 2.75) is 116 Å². The maximum atomic E-state index is 13.2. The van der Waals surface area contributed by atoms with Crippen LogP contribution in [0.5, 0.6) is 0 Å². The van der Waals surface area contributed by atoms with Crippen molar-refractivity contribution in [2.75, 3.05) is 20.2 Å². The number of ether oxygens (including phenoxy) is 1. The zero-order chi connectivity index (χ0) is 25.6. The quantitative estimate of drug-likeness (QED) is 0.378. The molecule has 35 heavy (non-hydrogen) atoms. The van der Waals surface area contributed by atoms with Gasteiger partial charge < -0.3 is 4.74 Å². The summed E-state index contributed by atoms with van der Waals surface area (Å²) >= 11 is 0. The zero-order valence-corrected chi connectivity index (χ0v) is 22.6. The van der Waals surface area contributed by atoms with E-state index >= 15 is 0 Å². The van der Waals surface area contributed by atoms with Gasteiger partial charge in [-0.3, -0.25) is 0 Å². The molecule has 3 rings (SSSR count). The number of rotatable bonds is 5. The summed E-state index contributed by atoms with van der Waals surface area (Å²) in [5.74, 6) is 0.686. The smallest absolute Gasteiger partial charge is 0.368 e. The van der Waals surface area contributed by atoms with Crippen LogP contribution in [0.4, 0.5) is 13.2 Å². The number of halogens is 3. The molecule has 2 saturated carbocycles. The minimum Gasteiger partial charge on any atom is -0.368 e. The first-order valence-corrected chi connectivity index (χ1v) is 13.9. The molecule has 0 aliphatic heterocycles. The molecule has 0 amide bonds. The lowest BCUT2D eigenvalue weighted by Crippen LogP contribution is -2.47. The predicted molar refractivity (Wildman–Crippen MR) is 138 cm³/mol. The SMILES string of the molecule is CN(CCOC1(c2ccccc2)CCCCC(C)(C)CCCCCCC2CCC1(C)C2)C(F)(F)F. The molecule has 2 fully saturated rings. The summed E-state index contributed by atoms with van der Waals surface area (Å²) in [5, 5.41) is 0. The van der Waals surface area contributed by atoms with Crippen molar-refractivity contribution in [3.05, 3.63) is 35.9 Å². The van der Waals surface area contributed by atoms with Crippen LogP contribution in [0.3, 0.4) is 0 Å². The van der Waals surface area contributed by atoms with Gasteiger partial charge in [-0.25, -0.2) is 4.90 Å². The third kappa shape index (κ3) is 7.47. The highest BCUT2D eigenvalue weighted by atomic mass is 19.4. The fourth-order valence-corrected chi connectivity index (χ4v) is 6.79. The topological polar surface area (TPSA) is 12.5 Å². The van der Waals surface area contributed by atoms with Gasteiger partial charge in [0.05, 0.1) is 12.2 Å². The molecule has 0 aromatic heterocycles. The molecule has 1 aromatic carbocycles. The van der Waals surface area contributed by atoms with Crippen LogP contribution in [0.1, 0.15) is 110 Å². The average Bonchev–Trinajstić information content (AvgIpc) is 3.19. The fourth-order valence-electron chi connectivity index (χ4n) is 6.79. The Morgan fingerprint density at radius 2 is 1.49 bits per heavy atom. The highest BCUT2D eigenvalue weighted by Gasteiger charge is 2.53. The summed E-state index contributed by atoms with van der Waals surface area (Å²) in [6.07, 6.45) is 11.1. The van der Waals surface area contributed by atoms with Crippen molar-refractivity contribution in [3.63, 3.8) is 0 Å². The molecule has 0 radical (unpaired) electrons. The minimum atomic E-state index is -4.33. The molecule has 3 unspecified atom stereocenters. The third-order valence-corrected chi connectivity index (χ3v) is 9.11. The monoisotopic (exact) mass is 495 g/mol. The van der Waals surface area contributed by atoms with E-state index in [-0.39, 0.29) is 18.6 Å². The first-order valence-electron chi connectivity index (χ1n) is 13.9. The molecule has 0 saturated heterocycles. The van der Waals surface area contributed by atoms with Crippen molar-refractivity contribution >= 4 is 0 Å². The lowest BCUT2D eigenvalue weighted by atomic mass is 9.65. The van der Waals surface area contributed by atoms with E-state index in [9.17, 15) is 13.2 Å². The highest BCUT2D eigenvalue weighted by molar-refractivity contribution is 5.27. The van der Waals surface area contributed by atoms with Gasteiger partial charge in [0.2, 0.25) is 0 Å². The second-order valence-corrected chi connectivity index (χ2v) is 12.4. The number of fused-ring (bicyclic) bond motifs is 2. The van der Waals surface area contributed by atoms with Crippen LogP contribution in [0, 0.1) is 16.7 Å². The van der Waals surface area contributed by atoms with E-state index in [1.807, 2.05) is 6.07 Å². The summed E-state index contributed by atoms with van der Waals surface area (Å²) in [5.41, 5.74) is 0.849. The molecule has 0 spiro atoms. The molecule has 2 aliphatic carbocycles. The maximum Gasteiger partial charge on any atom is 0.459 e. The van der Waals surface area contributed by atoms with Crippen molar-refractivity contribution in [1.29, 1.82) is 0 Å². The van der Waals surface area contributed by atoms with Gasteiger partial charge in [-0.2, -0.15) is 13.2 Å². The number of alkyl halides is 3. The van der Waals surface area contributed by atoms with E-state index < -0.39 is 11.9 Å². The van der Waals surface area contributed by atoms with E-state index in [4.69, 9.17) is 4.74 Å². The Bertz CT molecular complexity index is 765. The van der Waals surface area contributed by atoms with Crippen LogP contribution in [0.25, 0.3) is 0 Å². The largest absolute Gasteiger partial charge is 0.459 e. The van der Waals surface area contributed by atoms with E-state index in [2.05, 4.69) is 45.0 Å². The van der Waals surface area contributed by atoms with Crippen LogP contribution in [0.15, 0.2) is 30.3 Å². The molecular weight excluding hydrogens is 447 g/mol. The van der Waals surface area contributed by atoms with Gasteiger partial charge in [0.15, 0.2) is 0 Å². The first kappa shape index (κ1) is 28.5. The van der Waals surface area contributed by atoms with Crippen molar-refractivity contribution in [2.24, 2.45) is 16.7 Å². The second kappa shape index (κ2) is 12.0. The highest BCUT2D eigenvalue weighted by Crippen LogP contribution is 2.58. The molecule has 2 bridgehead atoms. The Labute approximate surface area is 212 Å². The lowest BCUT2D eigenvalue weighted by Gasteiger charge is -2.48. The minimum absolute atomic E-state index is 0.0779. The maximum absolute atomic E-state index is 13.2.